The fourth-order valence-electron chi connectivity index (χ4n) is 1.83. The highest BCUT2D eigenvalue weighted by molar-refractivity contribution is 7.15. The highest BCUT2D eigenvalue weighted by atomic mass is 32.1. The topological polar surface area (TPSA) is 79.3 Å². The van der Waals surface area contributed by atoms with Gasteiger partial charge in [0.15, 0.2) is 5.13 Å². The maximum atomic E-state index is 12.8. The minimum atomic E-state index is -0.870. The highest BCUT2D eigenvalue weighted by Crippen LogP contribution is 2.23. The molecule has 1 amide bonds. The fraction of sp³-hybridized carbons (Fsp3) is 0.188. The molecule has 0 spiro atoms. The number of nitrogens with one attached hydrogen (secondary N) is 1. The van der Waals surface area contributed by atoms with Gasteiger partial charge >= 0.3 is 5.97 Å². The van der Waals surface area contributed by atoms with Crippen LogP contribution in [0.2, 0.25) is 0 Å². The van der Waals surface area contributed by atoms with Crippen molar-refractivity contribution in [1.82, 2.24) is 4.98 Å². The molecule has 0 saturated carbocycles. The molecule has 0 aliphatic carbocycles. The zero-order valence-electron chi connectivity index (χ0n) is 12.4. The number of benzene rings is 1. The van der Waals surface area contributed by atoms with E-state index in [1.165, 1.54) is 29.5 Å². The Hall–Kier alpha value is -2.54. The van der Waals surface area contributed by atoms with Crippen LogP contribution in [0.3, 0.4) is 0 Å². The van der Waals surface area contributed by atoms with Crippen molar-refractivity contribution in [1.29, 1.82) is 0 Å². The number of carbonyl (C=O) groups excluding carboxylic acids is 1. The van der Waals surface area contributed by atoms with Gasteiger partial charge in [-0.3, -0.25) is 14.9 Å². The summed E-state index contributed by atoms with van der Waals surface area (Å²) in [6.07, 6.45) is 3.32. The first-order chi connectivity index (χ1) is 10.9. The molecule has 0 saturated heterocycles. The van der Waals surface area contributed by atoms with Crippen molar-refractivity contribution in [2.45, 2.75) is 19.8 Å². The van der Waals surface area contributed by atoms with Crippen LogP contribution in [0.4, 0.5) is 9.52 Å². The van der Waals surface area contributed by atoms with Crippen LogP contribution in [0.25, 0.3) is 6.08 Å². The number of carboxylic acid groups (broad SMARTS) is 1. The molecule has 23 heavy (non-hydrogen) atoms. The minimum Gasteiger partial charge on any atom is -0.481 e. The van der Waals surface area contributed by atoms with Crippen LogP contribution in [-0.4, -0.2) is 22.0 Å². The van der Waals surface area contributed by atoms with Gasteiger partial charge < -0.3 is 5.11 Å². The largest absolute Gasteiger partial charge is 0.481 e. The van der Waals surface area contributed by atoms with E-state index in [1.807, 2.05) is 0 Å². The standard InChI is InChI=1S/C16H15FN2O3S/c1-10-13(7-9-15(21)22)23-16(18-10)19-14(20)8-4-11-2-5-12(17)6-3-11/h2-6,8H,7,9H2,1H3,(H,21,22)(H,18,19,20)/b8-4+. The van der Waals surface area contributed by atoms with Crippen LogP contribution in [-0.2, 0) is 16.0 Å². The van der Waals surface area contributed by atoms with Crippen molar-refractivity contribution in [2.24, 2.45) is 0 Å². The van der Waals surface area contributed by atoms with E-state index in [2.05, 4.69) is 10.3 Å². The van der Waals surface area contributed by atoms with E-state index >= 15 is 0 Å². The van der Waals surface area contributed by atoms with E-state index in [-0.39, 0.29) is 18.1 Å². The molecule has 0 aliphatic rings. The van der Waals surface area contributed by atoms with E-state index < -0.39 is 5.97 Å². The summed E-state index contributed by atoms with van der Waals surface area (Å²) in [5, 5.41) is 11.8. The Labute approximate surface area is 136 Å². The van der Waals surface area contributed by atoms with E-state index in [9.17, 15) is 14.0 Å². The number of thiazole rings is 1. The summed E-state index contributed by atoms with van der Waals surface area (Å²) >= 11 is 1.26. The van der Waals surface area contributed by atoms with E-state index in [4.69, 9.17) is 5.11 Å². The quantitative estimate of drug-likeness (QED) is 0.795. The number of rotatable bonds is 6. The van der Waals surface area contributed by atoms with Gasteiger partial charge in [-0.05, 0) is 37.1 Å². The molecule has 1 heterocycles. The summed E-state index contributed by atoms with van der Waals surface area (Å²) in [5.41, 5.74) is 1.42. The molecular weight excluding hydrogens is 319 g/mol. The van der Waals surface area contributed by atoms with E-state index in [1.54, 1.807) is 25.1 Å². The van der Waals surface area contributed by atoms with Crippen LogP contribution in [0, 0.1) is 12.7 Å². The number of anilines is 1. The van der Waals surface area contributed by atoms with Gasteiger partial charge in [-0.25, -0.2) is 9.37 Å². The lowest BCUT2D eigenvalue weighted by Gasteiger charge is -1.96. The Morgan fingerprint density at radius 2 is 2.04 bits per heavy atom. The van der Waals surface area contributed by atoms with Gasteiger partial charge in [0, 0.05) is 11.0 Å². The second-order valence-electron chi connectivity index (χ2n) is 4.80. The third-order valence-electron chi connectivity index (χ3n) is 2.99. The Morgan fingerprint density at radius 1 is 1.35 bits per heavy atom. The first-order valence-corrected chi connectivity index (χ1v) is 7.68. The molecule has 0 bridgehead atoms. The molecule has 1 aromatic carbocycles. The maximum Gasteiger partial charge on any atom is 0.303 e. The van der Waals surface area contributed by atoms with Crippen molar-refractivity contribution in [3.63, 3.8) is 0 Å². The summed E-state index contributed by atoms with van der Waals surface area (Å²) in [5.74, 6) is -1.56. The van der Waals surface area contributed by atoms with E-state index in [0.717, 1.165) is 4.88 Å². The number of hydrogen-bond donors (Lipinski definition) is 2. The maximum absolute atomic E-state index is 12.8. The first kappa shape index (κ1) is 16.8. The van der Waals surface area contributed by atoms with Gasteiger partial charge in [0.1, 0.15) is 5.82 Å². The number of halogens is 1. The van der Waals surface area contributed by atoms with E-state index in [0.29, 0.717) is 22.8 Å². The number of aliphatic carboxylic acids is 1. The molecule has 0 fully saturated rings. The predicted octanol–water partition coefficient (Wildman–Crippen LogP) is 3.26. The Kier molecular flexibility index (Phi) is 5.59. The van der Waals surface area contributed by atoms with Crippen molar-refractivity contribution in [2.75, 3.05) is 5.32 Å². The van der Waals surface area contributed by atoms with Gasteiger partial charge in [-0.2, -0.15) is 0 Å². The number of aryl methyl sites for hydroxylation is 2. The lowest BCUT2D eigenvalue weighted by molar-refractivity contribution is -0.136. The number of amides is 1. The SMILES string of the molecule is Cc1nc(NC(=O)/C=C/c2ccc(F)cc2)sc1CCC(=O)O. The second kappa shape index (κ2) is 7.64. The minimum absolute atomic E-state index is 0.0287. The van der Waals surface area contributed by atoms with Gasteiger partial charge in [-0.15, -0.1) is 11.3 Å². The molecule has 0 unspecified atom stereocenters. The molecule has 5 nitrogen and oxygen atoms in total. The molecule has 2 rings (SSSR count). The third kappa shape index (κ3) is 5.30. The molecule has 0 atom stereocenters. The number of carboxylic acids is 1. The van der Waals surface area contributed by atoms with Crippen LogP contribution in [0.5, 0.6) is 0 Å². The average molecular weight is 334 g/mol. The zero-order chi connectivity index (χ0) is 16.8. The molecule has 2 N–H and O–H groups in total. The molecular formula is C16H15FN2O3S. The lowest BCUT2D eigenvalue weighted by Crippen LogP contribution is -2.07. The van der Waals surface area contributed by atoms with Gasteiger partial charge in [0.05, 0.1) is 12.1 Å². The third-order valence-corrected chi connectivity index (χ3v) is 4.12. The first-order valence-electron chi connectivity index (χ1n) is 6.87. The molecule has 120 valence electrons. The number of nitrogens with zero attached hydrogens (tertiary/aromatic N) is 1. The molecule has 0 radical (unpaired) electrons. The monoisotopic (exact) mass is 334 g/mol. The van der Waals surface area contributed by atoms with Crippen molar-refractivity contribution >= 4 is 34.4 Å². The summed E-state index contributed by atoms with van der Waals surface area (Å²) in [6.45, 7) is 1.78. The molecule has 0 aliphatic heterocycles. The van der Waals surface area contributed by atoms with Crippen LogP contribution in [0.1, 0.15) is 22.6 Å². The fourth-order valence-corrected chi connectivity index (χ4v) is 2.79. The second-order valence-corrected chi connectivity index (χ2v) is 5.88. The van der Waals surface area contributed by atoms with Crippen molar-refractivity contribution < 1.29 is 19.1 Å². The molecule has 1 aromatic heterocycles. The summed E-state index contributed by atoms with van der Waals surface area (Å²) in [4.78, 5) is 27.5. The lowest BCUT2D eigenvalue weighted by atomic mass is 10.2. The van der Waals surface area contributed by atoms with Crippen LogP contribution < -0.4 is 5.32 Å². The summed E-state index contributed by atoms with van der Waals surface area (Å²) in [6, 6.07) is 5.76. The normalized spacial score (nSPS) is 10.9. The van der Waals surface area contributed by atoms with Gasteiger partial charge in [0.25, 0.3) is 0 Å². The summed E-state index contributed by atoms with van der Waals surface area (Å²) in [7, 11) is 0. The highest BCUT2D eigenvalue weighted by Gasteiger charge is 2.10. The Bertz CT molecular complexity index is 738. The summed E-state index contributed by atoms with van der Waals surface area (Å²) < 4.78 is 12.8. The average Bonchev–Trinajstić information content (AvgIpc) is 2.84. The zero-order valence-corrected chi connectivity index (χ0v) is 13.2. The van der Waals surface area contributed by atoms with Crippen LogP contribution >= 0.6 is 11.3 Å². The number of aromatic nitrogens is 1. The van der Waals surface area contributed by atoms with Gasteiger partial charge in [0.2, 0.25) is 5.91 Å². The van der Waals surface area contributed by atoms with Gasteiger partial charge in [-0.1, -0.05) is 12.1 Å². The smallest absolute Gasteiger partial charge is 0.303 e. The Morgan fingerprint density at radius 3 is 2.70 bits per heavy atom. The predicted molar refractivity (Wildman–Crippen MR) is 86.9 cm³/mol. The van der Waals surface area contributed by atoms with Crippen molar-refractivity contribution in [3.8, 4) is 0 Å². The number of carbonyl (C=O) groups is 2. The molecule has 7 heteroatoms. The van der Waals surface area contributed by atoms with Crippen LogP contribution in [0.15, 0.2) is 30.3 Å². The van der Waals surface area contributed by atoms with Crippen molar-refractivity contribution in [3.05, 3.63) is 52.3 Å². The molecule has 2 aromatic rings. The number of hydrogen-bond acceptors (Lipinski definition) is 4. The Balaban J connectivity index is 1.96.